The van der Waals surface area contributed by atoms with Crippen LogP contribution in [0.25, 0.3) is 11.1 Å². The summed E-state index contributed by atoms with van der Waals surface area (Å²) in [5, 5.41) is 0. The molecule has 40 heavy (non-hydrogen) atoms. The molecule has 2 aliphatic carbocycles. The summed E-state index contributed by atoms with van der Waals surface area (Å²) in [7, 11) is 0. The molecule has 1 heteroatoms. The number of allylic oxidation sites excluding steroid dienone is 4. The molecule has 0 saturated carbocycles. The third kappa shape index (κ3) is 4.71. The molecule has 6 rings (SSSR count). The van der Waals surface area contributed by atoms with E-state index in [9.17, 15) is 0 Å². The Morgan fingerprint density at radius 3 is 1.57 bits per heavy atom. The van der Waals surface area contributed by atoms with Gasteiger partial charge in [0.1, 0.15) is 0 Å². The summed E-state index contributed by atoms with van der Waals surface area (Å²) in [5.41, 5.74) is 16.7. The molecule has 2 aliphatic rings. The summed E-state index contributed by atoms with van der Waals surface area (Å²) in [6.45, 7) is 11.7. The molecule has 0 unspecified atom stereocenters. The molecular formula is C39H40Zr. The van der Waals surface area contributed by atoms with Gasteiger partial charge in [0.05, 0.1) is 0 Å². The van der Waals surface area contributed by atoms with E-state index in [-0.39, 0.29) is 0 Å². The fourth-order valence-electron chi connectivity index (χ4n) is 7.28. The van der Waals surface area contributed by atoms with E-state index in [0.717, 1.165) is 19.3 Å². The van der Waals surface area contributed by atoms with Gasteiger partial charge in [0.15, 0.2) is 0 Å². The van der Waals surface area contributed by atoms with Crippen LogP contribution in [0.2, 0.25) is 0 Å². The Morgan fingerprint density at radius 2 is 1.12 bits per heavy atom. The van der Waals surface area contributed by atoms with Crippen molar-refractivity contribution in [1.82, 2.24) is 0 Å². The summed E-state index contributed by atoms with van der Waals surface area (Å²) in [6, 6.07) is 37.3. The summed E-state index contributed by atoms with van der Waals surface area (Å²) in [5.74, 6) is 0. The van der Waals surface area contributed by atoms with E-state index in [4.69, 9.17) is 0 Å². The van der Waals surface area contributed by atoms with Gasteiger partial charge in [-0.1, -0.05) is 0 Å². The summed E-state index contributed by atoms with van der Waals surface area (Å²) in [6.07, 6.45) is 4.62. The SMILES string of the molecule is CCC1=C(CC)C(CC)=[C]([Zr](=[C](c2ccccc2)c2ccccc2)[CH]2c3cc(C)ccc3-c3ccc(C)cc32)C1. The average Bonchev–Trinajstić information content (AvgIpc) is 3.50. The molecule has 0 radical (unpaired) electrons. The van der Waals surface area contributed by atoms with Crippen molar-refractivity contribution in [1.29, 1.82) is 0 Å². The van der Waals surface area contributed by atoms with Gasteiger partial charge in [-0.15, -0.1) is 0 Å². The molecule has 4 aromatic carbocycles. The van der Waals surface area contributed by atoms with Gasteiger partial charge in [-0.05, 0) is 0 Å². The normalized spacial score (nSPS) is 14.5. The van der Waals surface area contributed by atoms with Crippen LogP contribution in [0.3, 0.4) is 0 Å². The number of hydrogen-bond donors (Lipinski definition) is 0. The van der Waals surface area contributed by atoms with E-state index in [0.29, 0.717) is 3.63 Å². The van der Waals surface area contributed by atoms with Crippen LogP contribution < -0.4 is 0 Å². The first-order valence-electron chi connectivity index (χ1n) is 15.1. The maximum absolute atomic E-state index is 2.72. The van der Waals surface area contributed by atoms with Gasteiger partial charge in [0.2, 0.25) is 0 Å². The van der Waals surface area contributed by atoms with Crippen molar-refractivity contribution in [3.8, 4) is 11.1 Å². The van der Waals surface area contributed by atoms with E-state index in [1.54, 1.807) is 31.1 Å². The molecule has 0 heterocycles. The molecule has 0 amide bonds. The topological polar surface area (TPSA) is 0 Å². The first-order chi connectivity index (χ1) is 19.5. The van der Waals surface area contributed by atoms with Crippen LogP contribution in [0.1, 0.15) is 83.5 Å². The average molecular weight is 600 g/mol. The van der Waals surface area contributed by atoms with Crippen molar-refractivity contribution in [2.45, 2.75) is 63.9 Å². The van der Waals surface area contributed by atoms with Crippen LogP contribution in [0.15, 0.2) is 117 Å². The zero-order valence-corrected chi connectivity index (χ0v) is 27.1. The van der Waals surface area contributed by atoms with Crippen LogP contribution >= 0.6 is 0 Å². The van der Waals surface area contributed by atoms with Gasteiger partial charge in [-0.2, -0.15) is 0 Å². The second kappa shape index (κ2) is 11.5. The minimum atomic E-state index is -2.72. The fraction of sp³-hybridized carbons (Fsp3) is 0.256. The molecule has 0 aromatic heterocycles. The van der Waals surface area contributed by atoms with Crippen LogP contribution in [-0.4, -0.2) is 3.21 Å². The van der Waals surface area contributed by atoms with Crippen molar-refractivity contribution in [2.24, 2.45) is 0 Å². The second-order valence-corrected chi connectivity index (χ2v) is 17.6. The Kier molecular flexibility index (Phi) is 7.87. The zero-order valence-electron chi connectivity index (χ0n) is 24.6. The Hall–Kier alpha value is -2.89. The minimum absolute atomic E-state index is 0.466. The maximum atomic E-state index is 2.53. The predicted octanol–water partition coefficient (Wildman–Crippen LogP) is 10.4. The Balaban J connectivity index is 1.78. The molecule has 200 valence electrons. The van der Waals surface area contributed by atoms with Crippen LogP contribution in [0, 0.1) is 13.8 Å². The first-order valence-corrected chi connectivity index (χ1v) is 18.9. The van der Waals surface area contributed by atoms with E-state index in [1.165, 1.54) is 39.8 Å². The molecule has 0 aliphatic heterocycles. The van der Waals surface area contributed by atoms with Crippen molar-refractivity contribution in [3.63, 3.8) is 0 Å². The first kappa shape index (κ1) is 27.3. The van der Waals surface area contributed by atoms with E-state index in [2.05, 4.69) is 132 Å². The number of hydrogen-bond acceptors (Lipinski definition) is 0. The summed E-state index contributed by atoms with van der Waals surface area (Å²) in [4.78, 5) is 0. The van der Waals surface area contributed by atoms with Gasteiger partial charge in [0, 0.05) is 0 Å². The zero-order chi connectivity index (χ0) is 27.8. The third-order valence-corrected chi connectivity index (χ3v) is 17.5. The quantitative estimate of drug-likeness (QED) is 0.198. The van der Waals surface area contributed by atoms with Crippen molar-refractivity contribution < 1.29 is 21.3 Å². The predicted molar refractivity (Wildman–Crippen MR) is 169 cm³/mol. The molecule has 4 aromatic rings. The Labute approximate surface area is 248 Å². The molecule has 0 bridgehead atoms. The van der Waals surface area contributed by atoms with Crippen LogP contribution in [0.5, 0.6) is 0 Å². The fourth-order valence-corrected chi connectivity index (χ4v) is 17.2. The second-order valence-electron chi connectivity index (χ2n) is 11.4. The summed E-state index contributed by atoms with van der Waals surface area (Å²) < 4.78 is 3.96. The van der Waals surface area contributed by atoms with Crippen molar-refractivity contribution >= 4 is 3.21 Å². The molecule has 0 saturated heterocycles. The van der Waals surface area contributed by atoms with E-state index in [1.807, 2.05) is 3.28 Å². The molecule has 0 spiro atoms. The van der Waals surface area contributed by atoms with Gasteiger partial charge in [0.25, 0.3) is 0 Å². The molecular weight excluding hydrogens is 560 g/mol. The van der Waals surface area contributed by atoms with Gasteiger partial charge in [-0.25, -0.2) is 0 Å². The monoisotopic (exact) mass is 598 g/mol. The third-order valence-electron chi connectivity index (χ3n) is 9.01. The van der Waals surface area contributed by atoms with Crippen molar-refractivity contribution in [3.05, 3.63) is 150 Å². The summed E-state index contributed by atoms with van der Waals surface area (Å²) >= 11 is -2.72. The van der Waals surface area contributed by atoms with E-state index < -0.39 is 21.3 Å². The number of aryl methyl sites for hydroxylation is 2. The van der Waals surface area contributed by atoms with E-state index >= 15 is 0 Å². The Bertz CT molecular complexity index is 1570. The van der Waals surface area contributed by atoms with Crippen LogP contribution in [0.4, 0.5) is 0 Å². The number of fused-ring (bicyclic) bond motifs is 3. The Morgan fingerprint density at radius 1 is 0.625 bits per heavy atom. The number of benzene rings is 4. The molecule has 0 atom stereocenters. The van der Waals surface area contributed by atoms with Crippen LogP contribution in [-0.2, 0) is 21.3 Å². The molecule has 0 N–H and O–H groups in total. The standard InChI is InChI=1S/C15H13.C13H10.C11H17.Zr/c1-10-3-5-14-12(7-10)9-13-8-11(2)4-6-15(13)14;1-3-7-12(8-4-1)11-13-9-5-2-6-10-13;1-4-9-7-8-10(5-2)11(9)6-3;/h3-9H,1-2H3;1-10H;4-7H2,1-3H3;. The molecule has 0 nitrogen and oxygen atoms in total. The number of rotatable bonds is 7. The van der Waals surface area contributed by atoms with Crippen molar-refractivity contribution in [2.75, 3.05) is 0 Å². The van der Waals surface area contributed by atoms with Gasteiger partial charge < -0.3 is 0 Å². The van der Waals surface area contributed by atoms with Gasteiger partial charge >= 0.3 is 250 Å². The molecule has 0 fully saturated rings. The van der Waals surface area contributed by atoms with Gasteiger partial charge in [-0.3, -0.25) is 0 Å².